The number of piperidine rings is 1. The van der Waals surface area contributed by atoms with Crippen molar-refractivity contribution in [1.82, 2.24) is 5.32 Å². The Morgan fingerprint density at radius 1 is 1.00 bits per heavy atom. The second kappa shape index (κ2) is 10.0. The monoisotopic (exact) mass is 582 g/mol. The summed E-state index contributed by atoms with van der Waals surface area (Å²) in [6.45, 7) is 4.77. The number of carbonyl (C=O) groups is 3. The standard InChI is InChI=1S/C30H28Cl2N2O6/c1-15-5-9-23(39-4)19(11-15)26-30(20-8-6-17(32)13-22(20)33-27(30)36)21(14-25(35)34-26)18-12-16(31)7-10-24(18)40-29(2,3)28(37)38/h5-13,21,26H,14H2,1-4H3,(H,33,36)(H,34,35)(H,37,38)/t21-,26+,30-/m1/s1. The highest BCUT2D eigenvalue weighted by atomic mass is 35.5. The second-order valence-electron chi connectivity index (χ2n) is 10.6. The van der Waals surface area contributed by atoms with Gasteiger partial charge in [-0.3, -0.25) is 9.59 Å². The highest BCUT2D eigenvalue weighted by Gasteiger charge is 2.62. The number of ether oxygens (including phenoxy) is 2. The topological polar surface area (TPSA) is 114 Å². The molecule has 3 N–H and O–H groups in total. The van der Waals surface area contributed by atoms with E-state index in [0.29, 0.717) is 38.2 Å². The molecule has 8 nitrogen and oxygen atoms in total. The number of benzene rings is 3. The number of aryl methyl sites for hydroxylation is 1. The average molecular weight is 583 g/mol. The Morgan fingerprint density at radius 3 is 2.38 bits per heavy atom. The summed E-state index contributed by atoms with van der Waals surface area (Å²) in [7, 11) is 1.53. The van der Waals surface area contributed by atoms with E-state index in [9.17, 15) is 19.5 Å². The smallest absolute Gasteiger partial charge is 0.347 e. The van der Waals surface area contributed by atoms with Crippen LogP contribution in [0, 0.1) is 6.92 Å². The van der Waals surface area contributed by atoms with E-state index in [2.05, 4.69) is 10.6 Å². The minimum Gasteiger partial charge on any atom is -0.496 e. The summed E-state index contributed by atoms with van der Waals surface area (Å²) in [5, 5.41) is 16.6. The summed E-state index contributed by atoms with van der Waals surface area (Å²) in [5.74, 6) is -1.93. The van der Waals surface area contributed by atoms with Crippen LogP contribution in [0.3, 0.4) is 0 Å². The lowest BCUT2D eigenvalue weighted by Gasteiger charge is -2.47. The molecule has 3 aromatic carbocycles. The van der Waals surface area contributed by atoms with Crippen molar-refractivity contribution < 1.29 is 29.0 Å². The fraction of sp³-hybridized carbons (Fsp3) is 0.300. The molecule has 3 aromatic rings. The van der Waals surface area contributed by atoms with Crippen LogP contribution in [0.4, 0.5) is 5.69 Å². The molecule has 1 spiro atoms. The summed E-state index contributed by atoms with van der Waals surface area (Å²) < 4.78 is 11.7. The molecule has 0 radical (unpaired) electrons. The predicted octanol–water partition coefficient (Wildman–Crippen LogP) is 5.79. The fourth-order valence-corrected chi connectivity index (χ4v) is 6.16. The molecule has 1 saturated heterocycles. The van der Waals surface area contributed by atoms with Crippen LogP contribution in [0.2, 0.25) is 10.0 Å². The molecule has 40 heavy (non-hydrogen) atoms. The van der Waals surface area contributed by atoms with Crippen molar-refractivity contribution in [3.63, 3.8) is 0 Å². The molecule has 2 aliphatic rings. The van der Waals surface area contributed by atoms with Gasteiger partial charge in [0.15, 0.2) is 5.60 Å². The first-order chi connectivity index (χ1) is 18.9. The molecule has 0 aliphatic carbocycles. The van der Waals surface area contributed by atoms with Gasteiger partial charge in [-0.1, -0.05) is 47.0 Å². The van der Waals surface area contributed by atoms with E-state index in [0.717, 1.165) is 5.56 Å². The van der Waals surface area contributed by atoms with Crippen LogP contribution in [0.15, 0.2) is 54.6 Å². The Hall–Kier alpha value is -3.75. The zero-order valence-electron chi connectivity index (χ0n) is 22.3. The summed E-state index contributed by atoms with van der Waals surface area (Å²) in [6, 6.07) is 14.6. The molecular formula is C30H28Cl2N2O6. The van der Waals surface area contributed by atoms with Crippen molar-refractivity contribution in [3.05, 3.63) is 86.9 Å². The number of halogens is 2. The number of hydrogen-bond donors (Lipinski definition) is 3. The summed E-state index contributed by atoms with van der Waals surface area (Å²) in [5.41, 5.74) is 0.113. The third-order valence-corrected chi connectivity index (χ3v) is 8.14. The first kappa shape index (κ1) is 27.8. The van der Waals surface area contributed by atoms with Crippen molar-refractivity contribution in [3.8, 4) is 11.5 Å². The van der Waals surface area contributed by atoms with E-state index < -0.39 is 28.9 Å². The number of aliphatic carboxylic acids is 1. The molecule has 0 unspecified atom stereocenters. The Labute approximate surface area is 241 Å². The van der Waals surface area contributed by atoms with Crippen LogP contribution in [-0.2, 0) is 19.8 Å². The molecule has 5 rings (SSSR count). The third-order valence-electron chi connectivity index (χ3n) is 7.67. The summed E-state index contributed by atoms with van der Waals surface area (Å²) >= 11 is 12.8. The van der Waals surface area contributed by atoms with Crippen LogP contribution in [0.5, 0.6) is 11.5 Å². The van der Waals surface area contributed by atoms with Crippen molar-refractivity contribution in [2.24, 2.45) is 0 Å². The normalized spacial score (nSPS) is 21.9. The van der Waals surface area contributed by atoms with Crippen molar-refractivity contribution in [2.75, 3.05) is 12.4 Å². The fourth-order valence-electron chi connectivity index (χ4n) is 5.80. The minimum atomic E-state index is -1.60. The van der Waals surface area contributed by atoms with Crippen molar-refractivity contribution in [2.45, 2.75) is 50.2 Å². The highest BCUT2D eigenvalue weighted by molar-refractivity contribution is 6.31. The van der Waals surface area contributed by atoms with Gasteiger partial charge in [0, 0.05) is 39.2 Å². The number of carboxylic acid groups (broad SMARTS) is 1. The van der Waals surface area contributed by atoms with Gasteiger partial charge in [-0.25, -0.2) is 4.79 Å². The van der Waals surface area contributed by atoms with Crippen molar-refractivity contribution in [1.29, 1.82) is 0 Å². The van der Waals surface area contributed by atoms with Crippen LogP contribution >= 0.6 is 23.2 Å². The van der Waals surface area contributed by atoms with Crippen molar-refractivity contribution >= 4 is 46.7 Å². The average Bonchev–Trinajstić information content (AvgIpc) is 3.17. The largest absolute Gasteiger partial charge is 0.496 e. The zero-order chi connectivity index (χ0) is 29.0. The molecule has 2 heterocycles. The number of methoxy groups -OCH3 is 1. The van der Waals surface area contributed by atoms with Gasteiger partial charge in [0.05, 0.1) is 13.2 Å². The number of carboxylic acids is 1. The zero-order valence-corrected chi connectivity index (χ0v) is 23.8. The van der Waals surface area contributed by atoms with E-state index in [1.54, 1.807) is 42.5 Å². The molecule has 2 amide bonds. The van der Waals surface area contributed by atoms with Crippen LogP contribution in [0.25, 0.3) is 0 Å². The molecule has 1 fully saturated rings. The van der Waals surface area contributed by atoms with Gasteiger partial charge in [0.2, 0.25) is 11.8 Å². The number of fused-ring (bicyclic) bond motifs is 2. The van der Waals surface area contributed by atoms with Gasteiger partial charge < -0.3 is 25.2 Å². The van der Waals surface area contributed by atoms with Gasteiger partial charge in [-0.15, -0.1) is 0 Å². The highest BCUT2D eigenvalue weighted by Crippen LogP contribution is 2.59. The Bertz CT molecular complexity index is 1560. The lowest BCUT2D eigenvalue weighted by molar-refractivity contribution is -0.152. The SMILES string of the molecule is COc1ccc(C)cc1[C@@H]1NC(=O)C[C@H](c2cc(Cl)ccc2OC(C)(C)C(=O)O)[C@@]12C(=O)Nc1cc(Cl)ccc12. The summed E-state index contributed by atoms with van der Waals surface area (Å²) in [6.07, 6.45) is -0.0929. The number of amides is 2. The quantitative estimate of drug-likeness (QED) is 0.339. The number of hydrogen-bond acceptors (Lipinski definition) is 5. The van der Waals surface area contributed by atoms with Gasteiger partial charge in [-0.2, -0.15) is 0 Å². The lowest BCUT2D eigenvalue weighted by Crippen LogP contribution is -2.57. The van der Waals surface area contributed by atoms with E-state index >= 15 is 0 Å². The van der Waals surface area contributed by atoms with E-state index in [4.69, 9.17) is 32.7 Å². The second-order valence-corrected chi connectivity index (χ2v) is 11.5. The van der Waals surface area contributed by atoms with Gasteiger partial charge >= 0.3 is 5.97 Å². The Morgan fingerprint density at radius 2 is 1.68 bits per heavy atom. The van der Waals surface area contributed by atoms with Gasteiger partial charge in [0.25, 0.3) is 0 Å². The van der Waals surface area contributed by atoms with Crippen LogP contribution < -0.4 is 20.1 Å². The number of rotatable bonds is 6. The molecule has 0 aromatic heterocycles. The minimum absolute atomic E-state index is 0.0929. The maximum absolute atomic E-state index is 14.4. The molecular weight excluding hydrogens is 555 g/mol. The van der Waals surface area contributed by atoms with Gasteiger partial charge in [-0.05, 0) is 62.7 Å². The maximum Gasteiger partial charge on any atom is 0.347 e. The third kappa shape index (κ3) is 4.45. The van der Waals surface area contributed by atoms with Gasteiger partial charge in [0.1, 0.15) is 16.9 Å². The predicted molar refractivity (Wildman–Crippen MR) is 152 cm³/mol. The lowest BCUT2D eigenvalue weighted by atomic mass is 9.59. The number of carbonyl (C=O) groups excluding carboxylic acids is 2. The summed E-state index contributed by atoms with van der Waals surface area (Å²) in [4.78, 5) is 39.8. The van der Waals surface area contributed by atoms with Crippen LogP contribution in [-0.4, -0.2) is 35.6 Å². The Kier molecular flexibility index (Phi) is 6.96. The molecule has 0 bridgehead atoms. The molecule has 2 aliphatic heterocycles. The first-order valence-corrected chi connectivity index (χ1v) is 13.4. The number of anilines is 1. The van der Waals surface area contributed by atoms with E-state index in [1.165, 1.54) is 21.0 Å². The molecule has 208 valence electrons. The van der Waals surface area contributed by atoms with Crippen LogP contribution in [0.1, 0.15) is 54.5 Å². The first-order valence-electron chi connectivity index (χ1n) is 12.7. The Balaban J connectivity index is 1.83. The molecule has 0 saturated carbocycles. The maximum atomic E-state index is 14.4. The molecule has 10 heteroatoms. The molecule has 3 atom stereocenters. The van der Waals surface area contributed by atoms with E-state index in [-0.39, 0.29) is 24.0 Å². The number of nitrogens with one attached hydrogen (secondary N) is 2. The van der Waals surface area contributed by atoms with E-state index in [1.807, 2.05) is 19.1 Å².